The summed E-state index contributed by atoms with van der Waals surface area (Å²) in [5, 5.41) is 0. The molecule has 1 aliphatic rings. The van der Waals surface area contributed by atoms with E-state index in [1.807, 2.05) is 0 Å². The lowest BCUT2D eigenvalue weighted by atomic mass is 9.89. The van der Waals surface area contributed by atoms with Gasteiger partial charge in [-0.05, 0) is 49.9 Å². The highest BCUT2D eigenvalue weighted by atomic mass is 16.5. The number of ether oxygens (including phenoxy) is 1. The van der Waals surface area contributed by atoms with Crippen LogP contribution in [-0.4, -0.2) is 38.1 Å². The lowest BCUT2D eigenvalue weighted by molar-refractivity contribution is -0.140. The predicted molar refractivity (Wildman–Crippen MR) is 76.3 cm³/mol. The first-order valence-corrected chi connectivity index (χ1v) is 7.03. The fourth-order valence-corrected chi connectivity index (χ4v) is 2.79. The average Bonchev–Trinajstić information content (AvgIpc) is 2.45. The molecule has 1 fully saturated rings. The number of rotatable bonds is 4. The number of likely N-dealkylation sites (tertiary alicyclic amines) is 1. The molecule has 1 aromatic carbocycles. The molecular weight excluding hydrogens is 238 g/mol. The maximum atomic E-state index is 11.2. The topological polar surface area (TPSA) is 29.5 Å². The molecule has 3 nitrogen and oxygen atoms in total. The van der Waals surface area contributed by atoms with Crippen molar-refractivity contribution in [2.75, 3.05) is 27.2 Å². The normalized spacial score (nSPS) is 20.2. The quantitative estimate of drug-likeness (QED) is 0.780. The van der Waals surface area contributed by atoms with Crippen LogP contribution in [0.5, 0.6) is 0 Å². The molecule has 3 heteroatoms. The van der Waals surface area contributed by atoms with Gasteiger partial charge in [0.1, 0.15) is 0 Å². The number of esters is 1. The first-order chi connectivity index (χ1) is 9.19. The third-order valence-electron chi connectivity index (χ3n) is 3.89. The van der Waals surface area contributed by atoms with E-state index < -0.39 is 0 Å². The van der Waals surface area contributed by atoms with Crippen LogP contribution in [0.15, 0.2) is 24.3 Å². The standard InChI is InChI=1S/C16H23NO2/c1-17-10-4-7-15(12-17)14-6-3-5-13(11-14)8-9-16(18)19-2/h3,5-6,11,15H,4,7-10,12H2,1-2H3. The molecule has 1 aliphatic heterocycles. The number of aryl methyl sites for hydroxylation is 1. The molecule has 1 aromatic rings. The van der Waals surface area contributed by atoms with E-state index in [2.05, 4.69) is 40.9 Å². The van der Waals surface area contributed by atoms with E-state index in [9.17, 15) is 4.79 Å². The Morgan fingerprint density at radius 3 is 3.05 bits per heavy atom. The summed E-state index contributed by atoms with van der Waals surface area (Å²) in [7, 11) is 3.63. The van der Waals surface area contributed by atoms with Crippen molar-refractivity contribution in [3.05, 3.63) is 35.4 Å². The third-order valence-corrected chi connectivity index (χ3v) is 3.89. The summed E-state index contributed by atoms with van der Waals surface area (Å²) in [6, 6.07) is 8.67. The summed E-state index contributed by atoms with van der Waals surface area (Å²) in [4.78, 5) is 13.6. The van der Waals surface area contributed by atoms with Gasteiger partial charge in [0.05, 0.1) is 7.11 Å². The Labute approximate surface area is 115 Å². The second-order valence-corrected chi connectivity index (χ2v) is 5.42. The second kappa shape index (κ2) is 6.71. The third kappa shape index (κ3) is 4.06. The molecule has 1 saturated heterocycles. The molecule has 0 N–H and O–H groups in total. The van der Waals surface area contributed by atoms with Crippen LogP contribution in [0, 0.1) is 0 Å². The van der Waals surface area contributed by atoms with Crippen molar-refractivity contribution < 1.29 is 9.53 Å². The number of methoxy groups -OCH3 is 1. The van der Waals surface area contributed by atoms with Crippen LogP contribution in [0.3, 0.4) is 0 Å². The van der Waals surface area contributed by atoms with Crippen molar-refractivity contribution in [1.82, 2.24) is 4.90 Å². The molecule has 1 unspecified atom stereocenters. The minimum Gasteiger partial charge on any atom is -0.469 e. The van der Waals surface area contributed by atoms with E-state index in [0.717, 1.165) is 13.0 Å². The summed E-state index contributed by atoms with van der Waals surface area (Å²) in [6.45, 7) is 2.35. The number of nitrogens with zero attached hydrogens (tertiary/aromatic N) is 1. The Kier molecular flexibility index (Phi) is 4.97. The molecule has 0 amide bonds. The second-order valence-electron chi connectivity index (χ2n) is 5.42. The molecular formula is C16H23NO2. The number of piperidine rings is 1. The molecule has 19 heavy (non-hydrogen) atoms. The van der Waals surface area contributed by atoms with E-state index >= 15 is 0 Å². The van der Waals surface area contributed by atoms with E-state index in [-0.39, 0.29) is 5.97 Å². The van der Waals surface area contributed by atoms with Gasteiger partial charge >= 0.3 is 5.97 Å². The van der Waals surface area contributed by atoms with Crippen molar-refractivity contribution in [3.63, 3.8) is 0 Å². The van der Waals surface area contributed by atoms with Gasteiger partial charge in [0.25, 0.3) is 0 Å². The van der Waals surface area contributed by atoms with Gasteiger partial charge in [-0.1, -0.05) is 24.3 Å². The highest BCUT2D eigenvalue weighted by Gasteiger charge is 2.18. The van der Waals surface area contributed by atoms with Crippen LogP contribution in [0.2, 0.25) is 0 Å². The zero-order chi connectivity index (χ0) is 13.7. The van der Waals surface area contributed by atoms with Gasteiger partial charge in [-0.25, -0.2) is 0 Å². The fourth-order valence-electron chi connectivity index (χ4n) is 2.79. The van der Waals surface area contributed by atoms with E-state index in [4.69, 9.17) is 0 Å². The van der Waals surface area contributed by atoms with Crippen LogP contribution in [-0.2, 0) is 16.0 Å². The maximum Gasteiger partial charge on any atom is 0.305 e. The highest BCUT2D eigenvalue weighted by molar-refractivity contribution is 5.69. The van der Waals surface area contributed by atoms with Gasteiger partial charge in [0.15, 0.2) is 0 Å². The molecule has 2 rings (SSSR count). The van der Waals surface area contributed by atoms with Crippen molar-refractivity contribution >= 4 is 5.97 Å². The summed E-state index contributed by atoms with van der Waals surface area (Å²) in [6.07, 6.45) is 3.77. The molecule has 1 heterocycles. The van der Waals surface area contributed by atoms with Crippen LogP contribution < -0.4 is 0 Å². The summed E-state index contributed by atoms with van der Waals surface area (Å²) < 4.78 is 4.69. The zero-order valence-electron chi connectivity index (χ0n) is 11.9. The average molecular weight is 261 g/mol. The predicted octanol–water partition coefficient (Wildman–Crippen LogP) is 2.60. The molecule has 1 atom stereocenters. The minimum absolute atomic E-state index is 0.136. The molecule has 0 aromatic heterocycles. The van der Waals surface area contributed by atoms with Crippen molar-refractivity contribution in [2.24, 2.45) is 0 Å². The number of likely N-dealkylation sites (N-methyl/N-ethyl adjacent to an activating group) is 1. The van der Waals surface area contributed by atoms with Gasteiger partial charge in [0, 0.05) is 13.0 Å². The van der Waals surface area contributed by atoms with Crippen LogP contribution in [0.25, 0.3) is 0 Å². The van der Waals surface area contributed by atoms with E-state index in [1.165, 1.54) is 37.6 Å². The van der Waals surface area contributed by atoms with Crippen molar-refractivity contribution in [1.29, 1.82) is 0 Å². The van der Waals surface area contributed by atoms with Crippen LogP contribution >= 0.6 is 0 Å². The number of benzene rings is 1. The largest absolute Gasteiger partial charge is 0.469 e. The minimum atomic E-state index is -0.136. The Bertz CT molecular complexity index is 431. The maximum absolute atomic E-state index is 11.2. The first-order valence-electron chi connectivity index (χ1n) is 7.03. The van der Waals surface area contributed by atoms with Crippen LogP contribution in [0.1, 0.15) is 36.3 Å². The lowest BCUT2D eigenvalue weighted by Crippen LogP contribution is -2.30. The number of carbonyl (C=O) groups excluding carboxylic acids is 1. The molecule has 0 spiro atoms. The van der Waals surface area contributed by atoms with Gasteiger partial charge < -0.3 is 9.64 Å². The Morgan fingerprint density at radius 1 is 1.47 bits per heavy atom. The van der Waals surface area contributed by atoms with Gasteiger partial charge in [-0.15, -0.1) is 0 Å². The number of hydrogen-bond donors (Lipinski definition) is 0. The zero-order valence-corrected chi connectivity index (χ0v) is 11.9. The monoisotopic (exact) mass is 261 g/mol. The lowest BCUT2D eigenvalue weighted by Gasteiger charge is -2.30. The number of carbonyl (C=O) groups is 1. The molecule has 0 aliphatic carbocycles. The fraction of sp³-hybridized carbons (Fsp3) is 0.562. The Balaban J connectivity index is 2.00. The van der Waals surface area contributed by atoms with E-state index in [1.54, 1.807) is 0 Å². The van der Waals surface area contributed by atoms with E-state index in [0.29, 0.717) is 12.3 Å². The summed E-state index contributed by atoms with van der Waals surface area (Å²) >= 11 is 0. The Morgan fingerprint density at radius 2 is 2.32 bits per heavy atom. The van der Waals surface area contributed by atoms with Gasteiger partial charge in [-0.2, -0.15) is 0 Å². The van der Waals surface area contributed by atoms with Crippen LogP contribution in [0.4, 0.5) is 0 Å². The Hall–Kier alpha value is -1.35. The molecule has 0 bridgehead atoms. The summed E-state index contributed by atoms with van der Waals surface area (Å²) in [5.74, 6) is 0.500. The molecule has 0 radical (unpaired) electrons. The summed E-state index contributed by atoms with van der Waals surface area (Å²) in [5.41, 5.74) is 2.64. The smallest absolute Gasteiger partial charge is 0.305 e. The van der Waals surface area contributed by atoms with Crippen molar-refractivity contribution in [3.8, 4) is 0 Å². The SMILES string of the molecule is COC(=O)CCc1cccc(C2CCCN(C)C2)c1. The van der Waals surface area contributed by atoms with Crippen molar-refractivity contribution in [2.45, 2.75) is 31.6 Å². The first kappa shape index (κ1) is 14.1. The molecule has 104 valence electrons. The molecule has 0 saturated carbocycles. The van der Waals surface area contributed by atoms with Gasteiger partial charge in [0.2, 0.25) is 0 Å². The van der Waals surface area contributed by atoms with Gasteiger partial charge in [-0.3, -0.25) is 4.79 Å². The highest BCUT2D eigenvalue weighted by Crippen LogP contribution is 2.26. The number of hydrogen-bond acceptors (Lipinski definition) is 3.